The van der Waals surface area contributed by atoms with Crippen LogP contribution in [0.3, 0.4) is 0 Å². The van der Waals surface area contributed by atoms with Gasteiger partial charge < -0.3 is 10.2 Å². The predicted molar refractivity (Wildman–Crippen MR) is 76.5 cm³/mol. The standard InChI is InChI=1S/C16H24O2/c1-2-3-4-5-6-7-15(17)11-8-14-9-12-16(18)13-10-14/h8-13,15,17-18H,2-7H2,1H3/b11-8+. The highest BCUT2D eigenvalue weighted by molar-refractivity contribution is 5.50. The number of aliphatic hydroxyl groups excluding tert-OH is 1. The molecular weight excluding hydrogens is 224 g/mol. The number of phenols is 1. The van der Waals surface area contributed by atoms with Crippen molar-refractivity contribution in [1.29, 1.82) is 0 Å². The van der Waals surface area contributed by atoms with Crippen LogP contribution < -0.4 is 0 Å². The van der Waals surface area contributed by atoms with Crippen LogP contribution in [0.4, 0.5) is 0 Å². The average Bonchev–Trinajstić information content (AvgIpc) is 2.38. The molecule has 1 rings (SSSR count). The number of hydrogen-bond acceptors (Lipinski definition) is 2. The summed E-state index contributed by atoms with van der Waals surface area (Å²) in [6.07, 6.45) is 10.3. The zero-order valence-electron chi connectivity index (χ0n) is 11.2. The topological polar surface area (TPSA) is 40.5 Å². The minimum Gasteiger partial charge on any atom is -0.508 e. The first kappa shape index (κ1) is 14.8. The maximum atomic E-state index is 9.79. The maximum absolute atomic E-state index is 9.79. The van der Waals surface area contributed by atoms with E-state index in [0.29, 0.717) is 0 Å². The number of unbranched alkanes of at least 4 members (excludes halogenated alkanes) is 4. The molecule has 0 aliphatic rings. The molecule has 0 heterocycles. The first-order chi connectivity index (χ1) is 8.72. The van der Waals surface area contributed by atoms with Gasteiger partial charge >= 0.3 is 0 Å². The minimum atomic E-state index is -0.361. The summed E-state index contributed by atoms with van der Waals surface area (Å²) in [6, 6.07) is 6.97. The zero-order valence-corrected chi connectivity index (χ0v) is 11.2. The van der Waals surface area contributed by atoms with Gasteiger partial charge in [-0.1, -0.05) is 63.3 Å². The second-order valence-electron chi connectivity index (χ2n) is 4.72. The average molecular weight is 248 g/mol. The highest BCUT2D eigenvalue weighted by atomic mass is 16.3. The van der Waals surface area contributed by atoms with Crippen molar-refractivity contribution in [3.05, 3.63) is 35.9 Å². The van der Waals surface area contributed by atoms with Gasteiger partial charge in [0.25, 0.3) is 0 Å². The smallest absolute Gasteiger partial charge is 0.115 e. The van der Waals surface area contributed by atoms with E-state index in [4.69, 9.17) is 5.11 Å². The predicted octanol–water partition coefficient (Wildman–Crippen LogP) is 4.13. The molecule has 0 aromatic heterocycles. The van der Waals surface area contributed by atoms with Crippen LogP contribution in [-0.4, -0.2) is 16.3 Å². The molecule has 100 valence electrons. The number of benzene rings is 1. The second-order valence-corrected chi connectivity index (χ2v) is 4.72. The van der Waals surface area contributed by atoms with Gasteiger partial charge in [-0.05, 0) is 24.1 Å². The Balaban J connectivity index is 2.22. The minimum absolute atomic E-state index is 0.267. The SMILES string of the molecule is CCCCCCCC(O)/C=C/c1ccc(O)cc1. The molecule has 0 saturated carbocycles. The zero-order chi connectivity index (χ0) is 13.2. The molecule has 0 aliphatic heterocycles. The molecule has 1 unspecified atom stereocenters. The Labute approximate surface area is 110 Å². The Bertz CT molecular complexity index is 341. The fraction of sp³-hybridized carbons (Fsp3) is 0.500. The molecule has 0 spiro atoms. The number of aromatic hydroxyl groups is 1. The van der Waals surface area contributed by atoms with Crippen molar-refractivity contribution >= 4 is 6.08 Å². The summed E-state index contributed by atoms with van der Waals surface area (Å²) >= 11 is 0. The molecule has 1 atom stereocenters. The highest BCUT2D eigenvalue weighted by Crippen LogP contribution is 2.12. The van der Waals surface area contributed by atoms with E-state index in [9.17, 15) is 5.11 Å². The quantitative estimate of drug-likeness (QED) is 0.679. The second kappa shape index (κ2) is 8.76. The normalized spacial score (nSPS) is 13.0. The van der Waals surface area contributed by atoms with Gasteiger partial charge in [-0.25, -0.2) is 0 Å². The molecule has 2 nitrogen and oxygen atoms in total. The van der Waals surface area contributed by atoms with Crippen LogP contribution in [0.5, 0.6) is 5.75 Å². The van der Waals surface area contributed by atoms with Gasteiger partial charge in [0.1, 0.15) is 5.75 Å². The lowest BCUT2D eigenvalue weighted by atomic mass is 10.1. The third kappa shape index (κ3) is 6.45. The van der Waals surface area contributed by atoms with Crippen molar-refractivity contribution in [2.24, 2.45) is 0 Å². The third-order valence-electron chi connectivity index (χ3n) is 3.01. The lowest BCUT2D eigenvalue weighted by molar-refractivity contribution is 0.209. The lowest BCUT2D eigenvalue weighted by Gasteiger charge is -2.05. The van der Waals surface area contributed by atoms with Crippen molar-refractivity contribution in [2.75, 3.05) is 0 Å². The molecule has 2 heteroatoms. The molecule has 0 amide bonds. The van der Waals surface area contributed by atoms with Crippen molar-refractivity contribution in [3.8, 4) is 5.75 Å². The number of rotatable bonds is 8. The molecule has 0 aliphatic carbocycles. The van der Waals surface area contributed by atoms with Crippen LogP contribution in [-0.2, 0) is 0 Å². The summed E-state index contributed by atoms with van der Waals surface area (Å²) in [4.78, 5) is 0. The van der Waals surface area contributed by atoms with Gasteiger partial charge in [0, 0.05) is 0 Å². The largest absolute Gasteiger partial charge is 0.508 e. The summed E-state index contributed by atoms with van der Waals surface area (Å²) in [5.74, 6) is 0.267. The molecule has 0 radical (unpaired) electrons. The molecule has 18 heavy (non-hydrogen) atoms. The molecule has 0 saturated heterocycles. The van der Waals surface area contributed by atoms with Gasteiger partial charge in [0.15, 0.2) is 0 Å². The fourth-order valence-corrected chi connectivity index (χ4v) is 1.86. The Morgan fingerprint density at radius 2 is 1.72 bits per heavy atom. The van der Waals surface area contributed by atoms with E-state index in [2.05, 4.69) is 6.92 Å². The third-order valence-corrected chi connectivity index (χ3v) is 3.01. The van der Waals surface area contributed by atoms with Crippen molar-refractivity contribution in [1.82, 2.24) is 0 Å². The van der Waals surface area contributed by atoms with Crippen molar-refractivity contribution in [2.45, 2.75) is 51.6 Å². The first-order valence-corrected chi connectivity index (χ1v) is 6.87. The molecule has 0 bridgehead atoms. The molecule has 0 fully saturated rings. The summed E-state index contributed by atoms with van der Waals surface area (Å²) in [5.41, 5.74) is 0.998. The van der Waals surface area contributed by atoms with E-state index in [1.807, 2.05) is 24.3 Å². The van der Waals surface area contributed by atoms with Gasteiger partial charge in [-0.3, -0.25) is 0 Å². The van der Waals surface area contributed by atoms with E-state index in [1.165, 1.54) is 25.7 Å². The van der Waals surface area contributed by atoms with E-state index in [1.54, 1.807) is 12.1 Å². The Hall–Kier alpha value is -1.28. The van der Waals surface area contributed by atoms with Gasteiger partial charge in [-0.15, -0.1) is 0 Å². The van der Waals surface area contributed by atoms with Crippen LogP contribution in [0.2, 0.25) is 0 Å². The molecule has 2 N–H and O–H groups in total. The maximum Gasteiger partial charge on any atom is 0.115 e. The molecule has 1 aromatic carbocycles. The van der Waals surface area contributed by atoms with E-state index >= 15 is 0 Å². The van der Waals surface area contributed by atoms with Crippen LogP contribution in [0, 0.1) is 0 Å². The Morgan fingerprint density at radius 1 is 1.06 bits per heavy atom. The highest BCUT2D eigenvalue weighted by Gasteiger charge is 1.98. The summed E-state index contributed by atoms with van der Waals surface area (Å²) < 4.78 is 0. The molecule has 1 aromatic rings. The van der Waals surface area contributed by atoms with Crippen LogP contribution in [0.1, 0.15) is 51.0 Å². The summed E-state index contributed by atoms with van der Waals surface area (Å²) in [6.45, 7) is 2.20. The van der Waals surface area contributed by atoms with Gasteiger partial charge in [0.05, 0.1) is 6.10 Å². The van der Waals surface area contributed by atoms with Crippen molar-refractivity contribution < 1.29 is 10.2 Å². The number of hydrogen-bond donors (Lipinski definition) is 2. The van der Waals surface area contributed by atoms with Crippen LogP contribution >= 0.6 is 0 Å². The lowest BCUT2D eigenvalue weighted by Crippen LogP contribution is -2.01. The fourth-order valence-electron chi connectivity index (χ4n) is 1.86. The van der Waals surface area contributed by atoms with Crippen LogP contribution in [0.25, 0.3) is 6.08 Å². The summed E-state index contributed by atoms with van der Waals surface area (Å²) in [7, 11) is 0. The Kier molecular flexibility index (Phi) is 7.19. The van der Waals surface area contributed by atoms with E-state index < -0.39 is 0 Å². The van der Waals surface area contributed by atoms with Crippen LogP contribution in [0.15, 0.2) is 30.3 Å². The Morgan fingerprint density at radius 3 is 2.39 bits per heavy atom. The first-order valence-electron chi connectivity index (χ1n) is 6.87. The van der Waals surface area contributed by atoms with E-state index in [0.717, 1.165) is 18.4 Å². The van der Waals surface area contributed by atoms with E-state index in [-0.39, 0.29) is 11.9 Å². The number of aliphatic hydroxyl groups is 1. The van der Waals surface area contributed by atoms with Crippen molar-refractivity contribution in [3.63, 3.8) is 0 Å². The monoisotopic (exact) mass is 248 g/mol. The number of phenolic OH excluding ortho intramolecular Hbond substituents is 1. The summed E-state index contributed by atoms with van der Waals surface area (Å²) in [5, 5.41) is 18.9. The van der Waals surface area contributed by atoms with Gasteiger partial charge in [-0.2, -0.15) is 0 Å². The van der Waals surface area contributed by atoms with Gasteiger partial charge in [0.2, 0.25) is 0 Å². The molecular formula is C16H24O2.